The van der Waals surface area contributed by atoms with Gasteiger partial charge in [0.1, 0.15) is 0 Å². The fourth-order valence-electron chi connectivity index (χ4n) is 4.06. The zero-order chi connectivity index (χ0) is 19.1. The largest absolute Gasteiger partial charge is 1.00 e. The minimum atomic E-state index is -0.384. The first-order chi connectivity index (χ1) is 12.9. The van der Waals surface area contributed by atoms with Crippen LogP contribution in [-0.2, 0) is 22.4 Å². The van der Waals surface area contributed by atoms with E-state index >= 15 is 0 Å². The molecule has 4 heteroatoms. The van der Waals surface area contributed by atoms with Crippen molar-refractivity contribution in [3.05, 3.63) is 76.9 Å². The van der Waals surface area contributed by atoms with Gasteiger partial charge in [-0.05, 0) is 0 Å². The SMILES string of the molecule is CC1=Cc2c(-c3ccc4ccccc4c3)cc(C(C)C)cc2[CH]1[Zr+2][Si](C)C.[Cl-].[Cl-]. The van der Waals surface area contributed by atoms with Crippen molar-refractivity contribution in [3.8, 4) is 11.1 Å². The molecule has 0 nitrogen and oxygen atoms in total. The summed E-state index contributed by atoms with van der Waals surface area (Å²) >= 11 is -0.384. The van der Waals surface area contributed by atoms with E-state index in [2.05, 4.69) is 94.5 Å². The van der Waals surface area contributed by atoms with Gasteiger partial charge >= 0.3 is 177 Å². The van der Waals surface area contributed by atoms with Crippen LogP contribution in [-0.4, -0.2) is 5.92 Å². The van der Waals surface area contributed by atoms with Gasteiger partial charge in [-0.15, -0.1) is 0 Å². The van der Waals surface area contributed by atoms with E-state index in [0.717, 1.165) is 3.63 Å². The van der Waals surface area contributed by atoms with Crippen LogP contribution in [0.3, 0.4) is 0 Å². The van der Waals surface area contributed by atoms with Gasteiger partial charge in [-0.25, -0.2) is 0 Å². The summed E-state index contributed by atoms with van der Waals surface area (Å²) in [4.78, 5) is 0. The molecule has 149 valence electrons. The summed E-state index contributed by atoms with van der Waals surface area (Å²) in [6, 6.07) is 20.6. The van der Waals surface area contributed by atoms with E-state index in [4.69, 9.17) is 0 Å². The Morgan fingerprint density at radius 1 is 0.897 bits per heavy atom. The molecule has 0 saturated carbocycles. The van der Waals surface area contributed by atoms with Crippen LogP contribution in [0.5, 0.6) is 0 Å². The normalized spacial score (nSPS) is 14.9. The van der Waals surface area contributed by atoms with Crippen LogP contribution in [0.1, 0.15) is 47.0 Å². The van der Waals surface area contributed by atoms with Crippen LogP contribution in [0.25, 0.3) is 28.0 Å². The van der Waals surface area contributed by atoms with Crippen LogP contribution >= 0.6 is 0 Å². The van der Waals surface area contributed by atoms with E-state index in [1.807, 2.05) is 0 Å². The van der Waals surface area contributed by atoms with Gasteiger partial charge in [0.05, 0.1) is 0 Å². The minimum absolute atomic E-state index is 0. The molecule has 3 aromatic rings. The number of hydrogen-bond donors (Lipinski definition) is 0. The van der Waals surface area contributed by atoms with Gasteiger partial charge in [0.15, 0.2) is 0 Å². The summed E-state index contributed by atoms with van der Waals surface area (Å²) in [6.07, 6.45) is 2.50. The molecule has 0 fully saturated rings. The van der Waals surface area contributed by atoms with E-state index in [1.165, 1.54) is 33.0 Å². The number of allylic oxidation sites excluding steroid dienone is 1. The maximum atomic E-state index is 2.54. The Morgan fingerprint density at radius 3 is 2.24 bits per heavy atom. The summed E-state index contributed by atoms with van der Waals surface area (Å²) in [5.74, 6) is 0.464. The van der Waals surface area contributed by atoms with E-state index < -0.39 is 0 Å². The van der Waals surface area contributed by atoms with Crippen molar-refractivity contribution in [2.24, 2.45) is 0 Å². The number of rotatable bonds is 4. The zero-order valence-electron chi connectivity index (χ0n) is 17.7. The van der Waals surface area contributed by atoms with Gasteiger partial charge in [0, 0.05) is 0 Å². The predicted octanol–water partition coefficient (Wildman–Crippen LogP) is 1.43. The summed E-state index contributed by atoms with van der Waals surface area (Å²) in [6.45, 7) is 12.0. The van der Waals surface area contributed by atoms with Crippen molar-refractivity contribution in [1.29, 1.82) is 0 Å². The molecule has 0 bridgehead atoms. The fourth-order valence-corrected chi connectivity index (χ4v) is 12.9. The van der Waals surface area contributed by atoms with E-state index in [9.17, 15) is 0 Å². The smallest absolute Gasteiger partial charge is 1.00 e. The molecule has 29 heavy (non-hydrogen) atoms. The Balaban J connectivity index is 0.00000150. The molecule has 1 atom stereocenters. The first kappa shape index (κ1) is 24.6. The van der Waals surface area contributed by atoms with Crippen molar-refractivity contribution in [1.82, 2.24) is 0 Å². The van der Waals surface area contributed by atoms with E-state index in [1.54, 1.807) is 11.1 Å². The molecule has 1 radical (unpaired) electrons. The summed E-state index contributed by atoms with van der Waals surface area (Å²) in [5, 5.41) is 2.65. The molecular weight excluding hydrogens is 490 g/mol. The van der Waals surface area contributed by atoms with E-state index in [-0.39, 0.29) is 53.1 Å². The van der Waals surface area contributed by atoms with Crippen molar-refractivity contribution in [3.63, 3.8) is 0 Å². The monoisotopic (exact) mass is 515 g/mol. The number of fused-ring (bicyclic) bond motifs is 2. The molecule has 4 rings (SSSR count). The van der Waals surface area contributed by atoms with Crippen molar-refractivity contribution in [2.45, 2.75) is 43.4 Å². The van der Waals surface area contributed by atoms with Gasteiger partial charge in [-0.2, -0.15) is 0 Å². The molecule has 0 N–H and O–H groups in total. The van der Waals surface area contributed by atoms with Gasteiger partial charge in [0.2, 0.25) is 0 Å². The molecule has 0 aromatic heterocycles. The van der Waals surface area contributed by atoms with Crippen LogP contribution in [0.4, 0.5) is 0 Å². The van der Waals surface area contributed by atoms with Crippen molar-refractivity contribution >= 4 is 22.8 Å². The van der Waals surface area contributed by atoms with Gasteiger partial charge in [0.25, 0.3) is 0 Å². The van der Waals surface area contributed by atoms with Gasteiger partial charge in [-0.3, -0.25) is 0 Å². The average Bonchev–Trinajstić information content (AvgIpc) is 2.95. The second kappa shape index (κ2) is 10.1. The molecule has 1 aliphatic carbocycles. The summed E-state index contributed by atoms with van der Waals surface area (Å²) in [5.41, 5.74) is 9.04. The Bertz CT molecular complexity index is 1040. The number of hydrogen-bond acceptors (Lipinski definition) is 0. The van der Waals surface area contributed by atoms with Gasteiger partial charge < -0.3 is 24.8 Å². The van der Waals surface area contributed by atoms with Gasteiger partial charge in [-0.1, -0.05) is 0 Å². The fraction of sp³-hybridized carbons (Fsp3) is 0.280. The second-order valence-corrected chi connectivity index (χ2v) is 21.5. The molecule has 0 heterocycles. The topological polar surface area (TPSA) is 0 Å². The van der Waals surface area contributed by atoms with Crippen LogP contribution in [0, 0.1) is 0 Å². The van der Waals surface area contributed by atoms with Crippen LogP contribution in [0.15, 0.2) is 60.2 Å². The molecular formula is C25H27Cl2SiZr. The molecule has 0 amide bonds. The van der Waals surface area contributed by atoms with Crippen molar-refractivity contribution in [2.75, 3.05) is 0 Å². The van der Waals surface area contributed by atoms with Crippen LogP contribution in [0.2, 0.25) is 13.1 Å². The second-order valence-electron chi connectivity index (χ2n) is 8.25. The maximum absolute atomic E-state index is 2.54. The zero-order valence-corrected chi connectivity index (χ0v) is 22.7. The molecule has 3 aromatic carbocycles. The minimum Gasteiger partial charge on any atom is -1.00 e. The Morgan fingerprint density at radius 2 is 1.59 bits per heavy atom. The third-order valence-electron chi connectivity index (χ3n) is 5.53. The third kappa shape index (κ3) is 4.99. The Labute approximate surface area is 200 Å². The summed E-state index contributed by atoms with van der Waals surface area (Å²) < 4.78 is 0.783. The Kier molecular flexibility index (Phi) is 8.57. The molecule has 1 unspecified atom stereocenters. The number of benzene rings is 3. The molecule has 1 aliphatic rings. The van der Waals surface area contributed by atoms with Crippen molar-refractivity contribution < 1.29 is 47.2 Å². The quantitative estimate of drug-likeness (QED) is 0.460. The molecule has 0 spiro atoms. The third-order valence-corrected chi connectivity index (χ3v) is 14.7. The first-order valence-electron chi connectivity index (χ1n) is 9.86. The standard InChI is InChI=1S/C23H21.C2H6Si.2ClH.Zr/c1-15(2)20-13-21-10-16(3)11-22(21)23(14-20)19-9-8-17-6-4-5-7-18(17)12-19;1-3-2;;;/h4-15H,1-3H3;1-2H3;2*1H;/q;;;;+2/p-2. The number of halogens is 2. The van der Waals surface area contributed by atoms with Crippen LogP contribution < -0.4 is 24.8 Å². The van der Waals surface area contributed by atoms with E-state index in [0.29, 0.717) is 5.92 Å². The first-order valence-corrected chi connectivity index (χ1v) is 17.5. The average molecular weight is 518 g/mol. The predicted molar refractivity (Wildman–Crippen MR) is 117 cm³/mol. The maximum Gasteiger partial charge on any atom is -1.00 e. The molecule has 0 aliphatic heterocycles. The Hall–Kier alpha value is -0.660. The molecule has 0 saturated heterocycles. The summed E-state index contributed by atoms with van der Waals surface area (Å²) in [7, 11) is 0.